The number of para-hydroxylation sites is 1. The van der Waals surface area contributed by atoms with Crippen LogP contribution in [0.2, 0.25) is 0 Å². The standard InChI is InChI=1S/C29H25N3O3/c1-19-7-11-22(12-8-19)32-25-6-4-3-5-23(25)24-16-21(30-18-26(24)32)17-31-29(34)14-10-20-9-13-27(33)28(15-20)35-2/h3-16,18,33H,17H2,1-2H3,(H,31,34)/b14-10+. The van der Waals surface area contributed by atoms with E-state index in [1.807, 2.05) is 24.4 Å². The van der Waals surface area contributed by atoms with Gasteiger partial charge in [-0.2, -0.15) is 0 Å². The summed E-state index contributed by atoms with van der Waals surface area (Å²) < 4.78 is 7.32. The van der Waals surface area contributed by atoms with Gasteiger partial charge < -0.3 is 19.7 Å². The van der Waals surface area contributed by atoms with Crippen LogP contribution in [0.5, 0.6) is 11.5 Å². The Balaban J connectivity index is 1.39. The molecule has 2 N–H and O–H groups in total. The molecular formula is C29H25N3O3. The third kappa shape index (κ3) is 4.46. The average molecular weight is 464 g/mol. The molecule has 3 aromatic carbocycles. The van der Waals surface area contributed by atoms with Crippen LogP contribution in [0, 0.1) is 6.92 Å². The topological polar surface area (TPSA) is 76.4 Å². The van der Waals surface area contributed by atoms with Gasteiger partial charge in [-0.3, -0.25) is 9.78 Å². The lowest BCUT2D eigenvalue weighted by atomic mass is 10.1. The highest BCUT2D eigenvalue weighted by atomic mass is 16.5. The number of hydrogen-bond acceptors (Lipinski definition) is 4. The molecule has 0 atom stereocenters. The van der Waals surface area contributed by atoms with E-state index in [-0.39, 0.29) is 11.7 Å². The minimum Gasteiger partial charge on any atom is -0.504 e. The number of fused-ring (bicyclic) bond motifs is 3. The second-order valence-corrected chi connectivity index (χ2v) is 8.36. The minimum atomic E-state index is -0.235. The molecule has 0 radical (unpaired) electrons. The van der Waals surface area contributed by atoms with Crippen LogP contribution < -0.4 is 10.1 Å². The second kappa shape index (κ2) is 9.35. The number of aryl methyl sites for hydroxylation is 1. The van der Waals surface area contributed by atoms with Crippen LogP contribution in [0.1, 0.15) is 16.8 Å². The van der Waals surface area contributed by atoms with Crippen molar-refractivity contribution < 1.29 is 14.6 Å². The zero-order valence-electron chi connectivity index (χ0n) is 19.5. The quantitative estimate of drug-likeness (QED) is 0.325. The van der Waals surface area contributed by atoms with Crippen LogP contribution in [0.25, 0.3) is 33.6 Å². The lowest BCUT2D eigenvalue weighted by molar-refractivity contribution is -0.116. The minimum absolute atomic E-state index is 0.0549. The Labute approximate surface area is 203 Å². The SMILES string of the molecule is COc1cc(/C=C/C(=O)NCc2cc3c4ccccc4n(-c4ccc(C)cc4)c3cn2)ccc1O. The molecule has 0 unspecified atom stereocenters. The summed E-state index contributed by atoms with van der Waals surface area (Å²) in [7, 11) is 1.48. The van der Waals surface area contributed by atoms with Gasteiger partial charge in [0, 0.05) is 22.5 Å². The number of rotatable bonds is 6. The Bertz CT molecular complexity index is 1570. The van der Waals surface area contributed by atoms with Gasteiger partial charge in [0.25, 0.3) is 0 Å². The first kappa shape index (κ1) is 22.2. The zero-order chi connectivity index (χ0) is 24.4. The van der Waals surface area contributed by atoms with Crippen molar-refractivity contribution in [1.82, 2.24) is 14.9 Å². The summed E-state index contributed by atoms with van der Waals surface area (Å²) in [6, 6.07) is 23.7. The summed E-state index contributed by atoms with van der Waals surface area (Å²) in [5, 5.41) is 14.8. The first-order valence-corrected chi connectivity index (χ1v) is 11.3. The number of pyridine rings is 1. The van der Waals surface area contributed by atoms with E-state index in [0.717, 1.165) is 38.8 Å². The van der Waals surface area contributed by atoms with Crippen LogP contribution in [-0.2, 0) is 11.3 Å². The van der Waals surface area contributed by atoms with Gasteiger partial charge in [-0.05, 0) is 55.0 Å². The van der Waals surface area contributed by atoms with Crippen molar-refractivity contribution in [2.24, 2.45) is 0 Å². The van der Waals surface area contributed by atoms with Crippen molar-refractivity contribution in [3.63, 3.8) is 0 Å². The Hall–Kier alpha value is -4.58. The molecule has 0 fully saturated rings. The molecule has 2 heterocycles. The van der Waals surface area contributed by atoms with Crippen LogP contribution in [0.3, 0.4) is 0 Å². The molecule has 0 spiro atoms. The van der Waals surface area contributed by atoms with Gasteiger partial charge in [0.15, 0.2) is 11.5 Å². The fraction of sp³-hybridized carbons (Fsp3) is 0.103. The fourth-order valence-electron chi connectivity index (χ4n) is 4.19. The third-order valence-corrected chi connectivity index (χ3v) is 5.98. The third-order valence-electron chi connectivity index (χ3n) is 5.98. The number of aromatic nitrogens is 2. The summed E-state index contributed by atoms with van der Waals surface area (Å²) in [6.07, 6.45) is 4.99. The van der Waals surface area contributed by atoms with Crippen LogP contribution in [0.15, 0.2) is 85.1 Å². The molecule has 35 heavy (non-hydrogen) atoms. The number of amides is 1. The van der Waals surface area contributed by atoms with Gasteiger partial charge in [-0.1, -0.05) is 42.0 Å². The van der Waals surface area contributed by atoms with E-state index in [2.05, 4.69) is 58.2 Å². The Kier molecular flexibility index (Phi) is 5.94. The van der Waals surface area contributed by atoms with Gasteiger partial charge in [-0.15, -0.1) is 0 Å². The number of ether oxygens (including phenoxy) is 1. The molecule has 0 aliphatic rings. The fourth-order valence-corrected chi connectivity index (χ4v) is 4.19. The largest absolute Gasteiger partial charge is 0.504 e. The number of methoxy groups -OCH3 is 1. The molecule has 6 heteroatoms. The van der Waals surface area contributed by atoms with Crippen LogP contribution in [0.4, 0.5) is 0 Å². The van der Waals surface area contributed by atoms with Crippen molar-refractivity contribution >= 4 is 33.8 Å². The number of phenolic OH excluding ortho intramolecular Hbond substituents is 1. The van der Waals surface area contributed by atoms with E-state index in [0.29, 0.717) is 12.3 Å². The first-order valence-electron chi connectivity index (χ1n) is 11.3. The van der Waals surface area contributed by atoms with Gasteiger partial charge in [0.2, 0.25) is 5.91 Å². The van der Waals surface area contributed by atoms with Crippen LogP contribution >= 0.6 is 0 Å². The normalized spacial score (nSPS) is 11.4. The van der Waals surface area contributed by atoms with E-state index in [1.54, 1.807) is 18.2 Å². The van der Waals surface area contributed by atoms with Crippen molar-refractivity contribution in [3.8, 4) is 17.2 Å². The molecule has 6 nitrogen and oxygen atoms in total. The van der Waals surface area contributed by atoms with Crippen LogP contribution in [-0.4, -0.2) is 27.7 Å². The molecule has 5 rings (SSSR count). The number of phenols is 1. The molecule has 5 aromatic rings. The van der Waals surface area contributed by atoms with Crippen molar-refractivity contribution in [1.29, 1.82) is 0 Å². The predicted molar refractivity (Wildman–Crippen MR) is 139 cm³/mol. The monoisotopic (exact) mass is 463 g/mol. The maximum atomic E-state index is 12.4. The summed E-state index contributed by atoms with van der Waals surface area (Å²) in [6.45, 7) is 2.39. The van der Waals surface area contributed by atoms with E-state index in [1.165, 1.54) is 24.8 Å². The highest BCUT2D eigenvalue weighted by molar-refractivity contribution is 6.09. The van der Waals surface area contributed by atoms with Crippen molar-refractivity contribution in [2.45, 2.75) is 13.5 Å². The summed E-state index contributed by atoms with van der Waals surface area (Å²) in [5.74, 6) is 0.176. The molecular weight excluding hydrogens is 438 g/mol. The molecule has 1 amide bonds. The van der Waals surface area contributed by atoms with Gasteiger partial charge in [-0.25, -0.2) is 0 Å². The van der Waals surface area contributed by atoms with E-state index in [4.69, 9.17) is 4.74 Å². The van der Waals surface area contributed by atoms with E-state index >= 15 is 0 Å². The number of carbonyl (C=O) groups excluding carboxylic acids is 1. The van der Waals surface area contributed by atoms with Crippen molar-refractivity contribution in [2.75, 3.05) is 7.11 Å². The highest BCUT2D eigenvalue weighted by Gasteiger charge is 2.13. The smallest absolute Gasteiger partial charge is 0.244 e. The summed E-state index contributed by atoms with van der Waals surface area (Å²) >= 11 is 0. The predicted octanol–water partition coefficient (Wildman–Crippen LogP) is 5.53. The number of benzene rings is 3. The Morgan fingerprint density at radius 2 is 1.83 bits per heavy atom. The maximum absolute atomic E-state index is 12.4. The molecule has 0 aliphatic heterocycles. The van der Waals surface area contributed by atoms with Crippen molar-refractivity contribution in [3.05, 3.63) is 102 Å². The van der Waals surface area contributed by atoms with Gasteiger partial charge in [0.1, 0.15) is 0 Å². The Morgan fingerprint density at radius 1 is 1.03 bits per heavy atom. The molecule has 0 bridgehead atoms. The Morgan fingerprint density at radius 3 is 2.63 bits per heavy atom. The maximum Gasteiger partial charge on any atom is 0.244 e. The zero-order valence-corrected chi connectivity index (χ0v) is 19.5. The number of aromatic hydroxyl groups is 1. The van der Waals surface area contributed by atoms with Gasteiger partial charge >= 0.3 is 0 Å². The molecule has 0 saturated carbocycles. The number of nitrogens with zero attached hydrogens (tertiary/aromatic N) is 2. The van der Waals surface area contributed by atoms with E-state index in [9.17, 15) is 9.90 Å². The number of nitrogens with one attached hydrogen (secondary N) is 1. The lowest BCUT2D eigenvalue weighted by Gasteiger charge is -2.08. The lowest BCUT2D eigenvalue weighted by Crippen LogP contribution is -2.20. The van der Waals surface area contributed by atoms with Gasteiger partial charge in [0.05, 0.1) is 36.6 Å². The molecule has 0 saturated heterocycles. The van der Waals surface area contributed by atoms with E-state index < -0.39 is 0 Å². The molecule has 0 aliphatic carbocycles. The summed E-state index contributed by atoms with van der Waals surface area (Å²) in [4.78, 5) is 17.0. The molecule has 2 aromatic heterocycles. The number of hydrogen-bond donors (Lipinski definition) is 2. The molecule has 174 valence electrons. The highest BCUT2D eigenvalue weighted by Crippen LogP contribution is 2.32. The second-order valence-electron chi connectivity index (χ2n) is 8.36. The number of carbonyl (C=O) groups is 1. The summed E-state index contributed by atoms with van der Waals surface area (Å²) in [5.41, 5.74) is 5.95. The average Bonchev–Trinajstić information content (AvgIpc) is 3.21. The first-order chi connectivity index (χ1) is 17.0.